The van der Waals surface area contributed by atoms with Gasteiger partial charge in [0.1, 0.15) is 0 Å². The minimum absolute atomic E-state index is 0.360. The minimum Gasteiger partial charge on any atom is -0.399 e. The molecular formula is C32H31BO2. The Labute approximate surface area is 208 Å². The van der Waals surface area contributed by atoms with Gasteiger partial charge in [0.15, 0.2) is 0 Å². The largest absolute Gasteiger partial charge is 0.494 e. The number of hydrogen-bond donors (Lipinski definition) is 0. The Morgan fingerprint density at radius 2 is 1.09 bits per heavy atom. The highest BCUT2D eigenvalue weighted by Crippen LogP contribution is 2.41. The topological polar surface area (TPSA) is 18.5 Å². The zero-order chi connectivity index (χ0) is 24.5. The zero-order valence-corrected chi connectivity index (χ0v) is 21.4. The van der Waals surface area contributed by atoms with Crippen LogP contribution in [0.2, 0.25) is 0 Å². The van der Waals surface area contributed by atoms with Crippen LogP contribution in [-0.2, 0) is 9.31 Å². The molecule has 1 aliphatic heterocycles. The minimum atomic E-state index is -0.370. The van der Waals surface area contributed by atoms with Crippen molar-refractivity contribution in [1.29, 1.82) is 0 Å². The summed E-state index contributed by atoms with van der Waals surface area (Å²) < 4.78 is 12.7. The van der Waals surface area contributed by atoms with Gasteiger partial charge >= 0.3 is 7.12 Å². The van der Waals surface area contributed by atoms with Gasteiger partial charge in [-0.2, -0.15) is 0 Å². The summed E-state index contributed by atoms with van der Waals surface area (Å²) in [5.41, 5.74) is 5.38. The van der Waals surface area contributed by atoms with E-state index in [1.165, 1.54) is 54.6 Å². The summed E-state index contributed by atoms with van der Waals surface area (Å²) in [6.45, 7) is 12.9. The van der Waals surface area contributed by atoms with E-state index in [4.69, 9.17) is 9.31 Å². The first-order chi connectivity index (χ1) is 16.7. The lowest BCUT2D eigenvalue weighted by molar-refractivity contribution is 0.00578. The molecule has 35 heavy (non-hydrogen) atoms. The van der Waals surface area contributed by atoms with Gasteiger partial charge in [0.2, 0.25) is 0 Å². The average Bonchev–Trinajstić information content (AvgIpc) is 3.06. The van der Waals surface area contributed by atoms with Crippen LogP contribution in [0.25, 0.3) is 43.4 Å². The molecule has 0 atom stereocenters. The van der Waals surface area contributed by atoms with Crippen LogP contribution in [0.5, 0.6) is 0 Å². The summed E-state index contributed by atoms with van der Waals surface area (Å²) in [6.07, 6.45) is 0. The lowest BCUT2D eigenvalue weighted by atomic mass is 9.76. The monoisotopic (exact) mass is 458 g/mol. The maximum absolute atomic E-state index is 6.36. The summed E-state index contributed by atoms with van der Waals surface area (Å²) in [6, 6.07) is 28.7. The van der Waals surface area contributed by atoms with Crippen LogP contribution >= 0.6 is 0 Å². The number of hydrogen-bond acceptors (Lipinski definition) is 2. The van der Waals surface area contributed by atoms with Crippen LogP contribution in [0.15, 0.2) is 78.9 Å². The Morgan fingerprint density at radius 3 is 1.69 bits per heavy atom. The number of rotatable bonds is 2. The molecule has 1 aliphatic rings. The molecule has 174 valence electrons. The second-order valence-electron chi connectivity index (χ2n) is 10.9. The van der Waals surface area contributed by atoms with E-state index in [9.17, 15) is 0 Å². The Balaban J connectivity index is 1.58. The number of aryl methyl sites for hydroxylation is 2. The van der Waals surface area contributed by atoms with Crippen LogP contribution in [-0.4, -0.2) is 18.3 Å². The van der Waals surface area contributed by atoms with E-state index in [0.717, 1.165) is 5.46 Å². The fourth-order valence-electron chi connectivity index (χ4n) is 5.52. The van der Waals surface area contributed by atoms with Crippen molar-refractivity contribution in [2.24, 2.45) is 0 Å². The van der Waals surface area contributed by atoms with Crippen molar-refractivity contribution in [3.63, 3.8) is 0 Å². The van der Waals surface area contributed by atoms with E-state index in [-0.39, 0.29) is 18.3 Å². The third kappa shape index (κ3) is 3.33. The Hall–Kier alpha value is -3.14. The van der Waals surface area contributed by atoms with E-state index in [1.807, 2.05) is 0 Å². The molecule has 0 aromatic heterocycles. The lowest BCUT2D eigenvalue weighted by Crippen LogP contribution is -2.41. The first kappa shape index (κ1) is 22.3. The molecule has 6 rings (SSSR count). The van der Waals surface area contributed by atoms with Gasteiger partial charge in [-0.15, -0.1) is 0 Å². The second kappa shape index (κ2) is 7.68. The van der Waals surface area contributed by atoms with E-state index >= 15 is 0 Å². The standard InChI is InChI=1S/C32H31BO2/c1-20-15-16-22(33-34-31(3,4)32(5,6)35-33)19-29(20)23-17-18-28-26-13-8-7-11-24(26)25-12-9-10-14-27(25)30(28)21(23)2/h7-19H,1-6H3. The van der Waals surface area contributed by atoms with Crippen LogP contribution in [0.4, 0.5) is 0 Å². The maximum atomic E-state index is 6.36. The van der Waals surface area contributed by atoms with Crippen LogP contribution in [0, 0.1) is 13.8 Å². The van der Waals surface area contributed by atoms with Gasteiger partial charge < -0.3 is 9.31 Å². The molecule has 0 radical (unpaired) electrons. The van der Waals surface area contributed by atoms with E-state index in [2.05, 4.69) is 120 Å². The van der Waals surface area contributed by atoms with Gasteiger partial charge in [-0.3, -0.25) is 0 Å². The van der Waals surface area contributed by atoms with E-state index < -0.39 is 0 Å². The number of fused-ring (bicyclic) bond motifs is 6. The first-order valence-electron chi connectivity index (χ1n) is 12.5. The molecule has 0 amide bonds. The Kier molecular flexibility index (Phi) is 4.90. The van der Waals surface area contributed by atoms with Crippen molar-refractivity contribution in [2.45, 2.75) is 52.7 Å². The highest BCUT2D eigenvalue weighted by Gasteiger charge is 2.51. The van der Waals surface area contributed by atoms with Crippen molar-refractivity contribution < 1.29 is 9.31 Å². The van der Waals surface area contributed by atoms with Crippen LogP contribution < -0.4 is 5.46 Å². The Morgan fingerprint density at radius 1 is 0.571 bits per heavy atom. The van der Waals surface area contributed by atoms with E-state index in [0.29, 0.717) is 0 Å². The molecule has 0 N–H and O–H groups in total. The van der Waals surface area contributed by atoms with Gasteiger partial charge in [0.05, 0.1) is 11.2 Å². The van der Waals surface area contributed by atoms with Crippen molar-refractivity contribution in [2.75, 3.05) is 0 Å². The molecule has 0 unspecified atom stereocenters. The van der Waals surface area contributed by atoms with Crippen molar-refractivity contribution >= 4 is 44.9 Å². The molecule has 5 aromatic carbocycles. The fourth-order valence-corrected chi connectivity index (χ4v) is 5.52. The van der Waals surface area contributed by atoms with Crippen molar-refractivity contribution in [3.05, 3.63) is 90.0 Å². The van der Waals surface area contributed by atoms with Gasteiger partial charge in [-0.1, -0.05) is 78.9 Å². The highest BCUT2D eigenvalue weighted by molar-refractivity contribution is 6.62. The van der Waals surface area contributed by atoms with Crippen LogP contribution in [0.3, 0.4) is 0 Å². The van der Waals surface area contributed by atoms with Gasteiger partial charge in [-0.25, -0.2) is 0 Å². The summed E-state index contributed by atoms with van der Waals surface area (Å²) in [7, 11) is -0.370. The van der Waals surface area contributed by atoms with Crippen molar-refractivity contribution in [1.82, 2.24) is 0 Å². The Bertz CT molecular complexity index is 1580. The molecule has 0 saturated carbocycles. The summed E-state index contributed by atoms with van der Waals surface area (Å²) in [5.74, 6) is 0. The molecule has 3 heteroatoms. The predicted octanol–water partition coefficient (Wildman–Crippen LogP) is 7.73. The van der Waals surface area contributed by atoms with Gasteiger partial charge in [0.25, 0.3) is 0 Å². The number of benzene rings is 5. The summed E-state index contributed by atoms with van der Waals surface area (Å²) in [5, 5.41) is 7.86. The maximum Gasteiger partial charge on any atom is 0.494 e. The molecule has 0 bridgehead atoms. The zero-order valence-electron chi connectivity index (χ0n) is 21.4. The third-order valence-corrected chi connectivity index (χ3v) is 8.25. The average molecular weight is 458 g/mol. The molecule has 5 aromatic rings. The third-order valence-electron chi connectivity index (χ3n) is 8.25. The molecular weight excluding hydrogens is 427 g/mol. The van der Waals surface area contributed by atoms with E-state index in [1.54, 1.807) is 0 Å². The van der Waals surface area contributed by atoms with Gasteiger partial charge in [0, 0.05) is 0 Å². The molecule has 1 saturated heterocycles. The SMILES string of the molecule is Cc1ccc(B2OC(C)(C)C(C)(C)O2)cc1-c1ccc2c3ccccc3c3ccccc3c2c1C. The highest BCUT2D eigenvalue weighted by atomic mass is 16.7. The fraction of sp³-hybridized carbons (Fsp3) is 0.250. The van der Waals surface area contributed by atoms with Crippen molar-refractivity contribution in [3.8, 4) is 11.1 Å². The second-order valence-corrected chi connectivity index (χ2v) is 10.9. The predicted molar refractivity (Wildman–Crippen MR) is 150 cm³/mol. The quantitative estimate of drug-likeness (QED) is 0.199. The van der Waals surface area contributed by atoms with Gasteiger partial charge in [-0.05, 0) is 102 Å². The smallest absolute Gasteiger partial charge is 0.399 e. The molecule has 0 spiro atoms. The molecule has 1 fully saturated rings. The molecule has 0 aliphatic carbocycles. The van der Waals surface area contributed by atoms with Crippen LogP contribution in [0.1, 0.15) is 38.8 Å². The molecule has 1 heterocycles. The summed E-state index contributed by atoms with van der Waals surface area (Å²) >= 11 is 0. The molecule has 2 nitrogen and oxygen atoms in total. The first-order valence-corrected chi connectivity index (χ1v) is 12.5. The summed E-state index contributed by atoms with van der Waals surface area (Å²) in [4.78, 5) is 0. The normalized spacial score (nSPS) is 17.0. The lowest BCUT2D eigenvalue weighted by Gasteiger charge is -2.32.